The van der Waals surface area contributed by atoms with Crippen LogP contribution in [0, 0.1) is 0 Å². The van der Waals surface area contributed by atoms with E-state index >= 15 is 0 Å². The normalized spacial score (nSPS) is 9.47. The monoisotopic (exact) mass is 216 g/mol. The van der Waals surface area contributed by atoms with Gasteiger partial charge in [0.05, 0.1) is 6.42 Å². The van der Waals surface area contributed by atoms with E-state index in [1.165, 1.54) is 11.8 Å². The van der Waals surface area contributed by atoms with Gasteiger partial charge >= 0.3 is 5.97 Å². The molecule has 6 nitrogen and oxygen atoms in total. The lowest BCUT2D eigenvalue weighted by Crippen LogP contribution is -2.32. The highest BCUT2D eigenvalue weighted by Gasteiger charge is 2.09. The number of carbonyl (C=O) groups is 3. The predicted molar refractivity (Wildman–Crippen MR) is 53.2 cm³/mol. The molecule has 0 saturated carbocycles. The van der Waals surface area contributed by atoms with E-state index in [2.05, 4.69) is 5.32 Å². The second-order valence-corrected chi connectivity index (χ2v) is 3.19. The van der Waals surface area contributed by atoms with Crippen molar-refractivity contribution in [1.29, 1.82) is 0 Å². The lowest BCUT2D eigenvalue weighted by molar-refractivity contribution is -0.138. The molecule has 0 aromatic rings. The lowest BCUT2D eigenvalue weighted by Gasteiger charge is -2.15. The second kappa shape index (κ2) is 6.80. The zero-order valence-electron chi connectivity index (χ0n) is 8.95. The van der Waals surface area contributed by atoms with E-state index in [1.807, 2.05) is 0 Å². The Hall–Kier alpha value is -1.59. The minimum absolute atomic E-state index is 0.0671. The van der Waals surface area contributed by atoms with E-state index < -0.39 is 5.97 Å². The number of carboxylic acids is 1. The van der Waals surface area contributed by atoms with E-state index in [0.717, 1.165) is 0 Å². The van der Waals surface area contributed by atoms with Crippen molar-refractivity contribution < 1.29 is 19.5 Å². The van der Waals surface area contributed by atoms with Crippen LogP contribution in [0.4, 0.5) is 0 Å². The van der Waals surface area contributed by atoms with Crippen LogP contribution in [0.2, 0.25) is 0 Å². The summed E-state index contributed by atoms with van der Waals surface area (Å²) >= 11 is 0. The third-order valence-electron chi connectivity index (χ3n) is 1.80. The fourth-order valence-corrected chi connectivity index (χ4v) is 0.924. The van der Waals surface area contributed by atoms with Crippen molar-refractivity contribution >= 4 is 17.8 Å². The first-order valence-electron chi connectivity index (χ1n) is 4.63. The number of amides is 2. The molecule has 0 aromatic heterocycles. The molecular formula is C9H16N2O4. The summed E-state index contributed by atoms with van der Waals surface area (Å²) < 4.78 is 0. The summed E-state index contributed by atoms with van der Waals surface area (Å²) in [6.07, 6.45) is 0.123. The highest BCUT2D eigenvalue weighted by atomic mass is 16.4. The molecule has 0 fully saturated rings. The summed E-state index contributed by atoms with van der Waals surface area (Å²) in [5.41, 5.74) is 0. The van der Waals surface area contributed by atoms with Gasteiger partial charge < -0.3 is 15.3 Å². The number of hydrogen-bond donors (Lipinski definition) is 2. The van der Waals surface area contributed by atoms with Gasteiger partial charge in [-0.3, -0.25) is 14.4 Å². The average Bonchev–Trinajstić information content (AvgIpc) is 2.13. The summed E-state index contributed by atoms with van der Waals surface area (Å²) in [6.45, 7) is 1.85. The van der Waals surface area contributed by atoms with Gasteiger partial charge in [-0.25, -0.2) is 0 Å². The van der Waals surface area contributed by atoms with Crippen LogP contribution in [-0.2, 0) is 14.4 Å². The summed E-state index contributed by atoms with van der Waals surface area (Å²) in [5.74, 6) is -1.29. The second-order valence-electron chi connectivity index (χ2n) is 3.19. The van der Waals surface area contributed by atoms with Gasteiger partial charge in [-0.2, -0.15) is 0 Å². The molecule has 2 amide bonds. The van der Waals surface area contributed by atoms with Crippen molar-refractivity contribution in [3.8, 4) is 0 Å². The van der Waals surface area contributed by atoms with Crippen LogP contribution in [0.5, 0.6) is 0 Å². The molecule has 0 aliphatic rings. The van der Waals surface area contributed by atoms with E-state index in [-0.39, 0.29) is 37.7 Å². The standard InChI is InChI=1S/C9H16N2O4/c1-7(12)10-5-3-8(13)11(2)6-4-9(14)15/h3-6H2,1-2H3,(H,10,12)(H,14,15). The van der Waals surface area contributed by atoms with Gasteiger partial charge in [0.15, 0.2) is 0 Å². The Bertz CT molecular complexity index is 252. The number of nitrogens with zero attached hydrogens (tertiary/aromatic N) is 1. The molecular weight excluding hydrogens is 200 g/mol. The number of aliphatic carboxylic acids is 1. The Morgan fingerprint density at radius 1 is 1.27 bits per heavy atom. The molecule has 2 N–H and O–H groups in total. The van der Waals surface area contributed by atoms with Crippen molar-refractivity contribution in [3.63, 3.8) is 0 Å². The summed E-state index contributed by atoms with van der Waals surface area (Å²) in [4.78, 5) is 33.4. The van der Waals surface area contributed by atoms with Crippen molar-refractivity contribution in [1.82, 2.24) is 10.2 Å². The Morgan fingerprint density at radius 3 is 2.33 bits per heavy atom. The van der Waals surface area contributed by atoms with Crippen LogP contribution in [-0.4, -0.2) is 47.9 Å². The molecule has 0 saturated heterocycles. The van der Waals surface area contributed by atoms with E-state index in [1.54, 1.807) is 7.05 Å². The first-order valence-corrected chi connectivity index (χ1v) is 4.63. The molecule has 0 bridgehead atoms. The lowest BCUT2D eigenvalue weighted by atomic mass is 10.3. The molecule has 0 radical (unpaired) electrons. The molecule has 0 atom stereocenters. The fraction of sp³-hybridized carbons (Fsp3) is 0.667. The maximum absolute atomic E-state index is 11.3. The molecule has 0 unspecified atom stereocenters. The van der Waals surface area contributed by atoms with Gasteiger partial charge in [-0.15, -0.1) is 0 Å². The van der Waals surface area contributed by atoms with Crippen LogP contribution in [0.1, 0.15) is 19.8 Å². The first kappa shape index (κ1) is 13.4. The number of hydrogen-bond acceptors (Lipinski definition) is 3. The highest BCUT2D eigenvalue weighted by Crippen LogP contribution is 1.92. The minimum atomic E-state index is -0.934. The molecule has 0 aromatic carbocycles. The number of carboxylic acid groups (broad SMARTS) is 1. The zero-order valence-corrected chi connectivity index (χ0v) is 8.95. The largest absolute Gasteiger partial charge is 0.481 e. The van der Waals surface area contributed by atoms with Crippen molar-refractivity contribution in [2.75, 3.05) is 20.1 Å². The van der Waals surface area contributed by atoms with Gasteiger partial charge in [0.25, 0.3) is 0 Å². The topological polar surface area (TPSA) is 86.7 Å². The van der Waals surface area contributed by atoms with Gasteiger partial charge in [-0.05, 0) is 0 Å². The fourth-order valence-electron chi connectivity index (χ4n) is 0.924. The minimum Gasteiger partial charge on any atom is -0.481 e. The SMILES string of the molecule is CC(=O)NCCC(=O)N(C)CCC(=O)O. The number of carbonyl (C=O) groups excluding carboxylic acids is 2. The van der Waals surface area contributed by atoms with Crippen molar-refractivity contribution in [3.05, 3.63) is 0 Å². The van der Waals surface area contributed by atoms with Crippen LogP contribution >= 0.6 is 0 Å². The smallest absolute Gasteiger partial charge is 0.305 e. The van der Waals surface area contributed by atoms with Gasteiger partial charge in [0, 0.05) is 33.5 Å². The zero-order chi connectivity index (χ0) is 11.8. The Balaban J connectivity index is 3.69. The third-order valence-corrected chi connectivity index (χ3v) is 1.80. The molecule has 0 heterocycles. The van der Waals surface area contributed by atoms with Gasteiger partial charge in [0.2, 0.25) is 11.8 Å². The predicted octanol–water partition coefficient (Wildman–Crippen LogP) is -0.554. The molecule has 6 heteroatoms. The maximum atomic E-state index is 11.3. The van der Waals surface area contributed by atoms with Crippen molar-refractivity contribution in [2.24, 2.45) is 0 Å². The first-order chi connectivity index (χ1) is 6.93. The highest BCUT2D eigenvalue weighted by molar-refractivity contribution is 5.78. The third kappa shape index (κ3) is 7.48. The van der Waals surface area contributed by atoms with Crippen LogP contribution < -0.4 is 5.32 Å². The summed E-state index contributed by atoms with van der Waals surface area (Å²) in [7, 11) is 1.54. The van der Waals surface area contributed by atoms with Crippen LogP contribution in [0.3, 0.4) is 0 Å². The number of nitrogens with one attached hydrogen (secondary N) is 1. The van der Waals surface area contributed by atoms with E-state index in [9.17, 15) is 14.4 Å². The van der Waals surface area contributed by atoms with Gasteiger partial charge in [0.1, 0.15) is 0 Å². The van der Waals surface area contributed by atoms with Crippen LogP contribution in [0.25, 0.3) is 0 Å². The van der Waals surface area contributed by atoms with Crippen LogP contribution in [0.15, 0.2) is 0 Å². The average molecular weight is 216 g/mol. The summed E-state index contributed by atoms with van der Waals surface area (Å²) in [5, 5.41) is 10.9. The molecule has 0 aliphatic carbocycles. The summed E-state index contributed by atoms with van der Waals surface area (Å²) in [6, 6.07) is 0. The van der Waals surface area contributed by atoms with E-state index in [0.29, 0.717) is 0 Å². The van der Waals surface area contributed by atoms with Gasteiger partial charge in [-0.1, -0.05) is 0 Å². The maximum Gasteiger partial charge on any atom is 0.305 e. The number of rotatable bonds is 6. The quantitative estimate of drug-likeness (QED) is 0.623. The Labute approximate surface area is 88.2 Å². The Morgan fingerprint density at radius 2 is 1.87 bits per heavy atom. The van der Waals surface area contributed by atoms with Crippen molar-refractivity contribution in [2.45, 2.75) is 19.8 Å². The van der Waals surface area contributed by atoms with E-state index in [4.69, 9.17) is 5.11 Å². The Kier molecular flexibility index (Phi) is 6.08. The molecule has 15 heavy (non-hydrogen) atoms. The molecule has 0 rings (SSSR count). The molecule has 0 spiro atoms. The molecule has 86 valence electrons. The molecule has 0 aliphatic heterocycles.